The lowest BCUT2D eigenvalue weighted by Gasteiger charge is -2.28. The second kappa shape index (κ2) is 18.6. The molecule has 39 heavy (non-hydrogen) atoms. The third-order valence-corrected chi connectivity index (χ3v) is 5.99. The number of nitrogens with zero attached hydrogens (tertiary/aromatic N) is 2. The molecule has 0 radical (unpaired) electrons. The molecule has 224 valence electrons. The highest BCUT2D eigenvalue weighted by atomic mass is 16.4. The van der Waals surface area contributed by atoms with Gasteiger partial charge in [0.1, 0.15) is 18.1 Å². The van der Waals surface area contributed by atoms with Crippen LogP contribution < -0.4 is 44.6 Å². The second-order valence-corrected chi connectivity index (χ2v) is 9.97. The molecule has 0 aliphatic heterocycles. The Morgan fingerprint density at radius 1 is 0.769 bits per heavy atom. The number of carboxylic acids is 1. The van der Waals surface area contributed by atoms with Crippen molar-refractivity contribution in [1.82, 2.24) is 16.0 Å². The van der Waals surface area contributed by atoms with E-state index in [2.05, 4.69) is 25.9 Å². The van der Waals surface area contributed by atoms with Gasteiger partial charge in [0.05, 0.1) is 6.04 Å². The number of guanidine groups is 2. The summed E-state index contributed by atoms with van der Waals surface area (Å²) in [4.78, 5) is 58.5. The summed E-state index contributed by atoms with van der Waals surface area (Å²) in [5, 5.41) is 17.4. The van der Waals surface area contributed by atoms with Gasteiger partial charge in [-0.15, -0.1) is 0 Å². The maximum Gasteiger partial charge on any atom is 0.326 e. The molecule has 0 heterocycles. The standard InChI is InChI=1S/C24H48N10O5/c1-5-14(4)18(34-19(35)15(25)12-13(2)3)21(37)32-16(8-6-10-30-23(26)27)20(36)33-17(22(38)39)9-7-11-31-24(28)29/h13-18H,5-12,25H2,1-4H3,(H,32,37)(H,33,36)(H,34,35)(H,38,39)(H4,26,27,30)(H4,28,29,31). The highest BCUT2D eigenvalue weighted by molar-refractivity contribution is 5.94. The molecular weight excluding hydrogens is 508 g/mol. The molecule has 5 atom stereocenters. The lowest BCUT2D eigenvalue weighted by molar-refractivity contribution is -0.142. The van der Waals surface area contributed by atoms with Crippen LogP contribution in [0.2, 0.25) is 0 Å². The van der Waals surface area contributed by atoms with E-state index in [1.807, 2.05) is 20.8 Å². The number of aliphatic imine (C=N–C) groups is 2. The molecule has 0 bridgehead atoms. The van der Waals surface area contributed by atoms with Gasteiger partial charge in [-0.1, -0.05) is 34.1 Å². The van der Waals surface area contributed by atoms with Crippen molar-refractivity contribution in [2.75, 3.05) is 13.1 Å². The highest BCUT2D eigenvalue weighted by Gasteiger charge is 2.32. The topological polar surface area (TPSA) is 279 Å². The smallest absolute Gasteiger partial charge is 0.326 e. The summed E-state index contributed by atoms with van der Waals surface area (Å²) in [6, 6.07) is -4.09. The lowest BCUT2D eigenvalue weighted by atomic mass is 9.96. The summed E-state index contributed by atoms with van der Waals surface area (Å²) < 4.78 is 0. The Kier molecular flexibility index (Phi) is 16.9. The fourth-order valence-corrected chi connectivity index (χ4v) is 3.64. The second-order valence-electron chi connectivity index (χ2n) is 9.97. The molecule has 14 N–H and O–H groups in total. The summed E-state index contributed by atoms with van der Waals surface area (Å²) >= 11 is 0. The minimum Gasteiger partial charge on any atom is -0.480 e. The Balaban J connectivity index is 5.68. The molecule has 0 fully saturated rings. The maximum atomic E-state index is 13.3. The molecule has 0 aromatic heterocycles. The molecule has 0 spiro atoms. The van der Waals surface area contributed by atoms with Crippen LogP contribution in [-0.4, -0.2) is 78.0 Å². The minimum absolute atomic E-state index is 0.0613. The van der Waals surface area contributed by atoms with Gasteiger partial charge in [-0.2, -0.15) is 0 Å². The number of hydrogen-bond donors (Lipinski definition) is 9. The van der Waals surface area contributed by atoms with Crippen LogP contribution in [0.25, 0.3) is 0 Å². The first-order valence-corrected chi connectivity index (χ1v) is 13.2. The van der Waals surface area contributed by atoms with Crippen LogP contribution in [0.15, 0.2) is 9.98 Å². The van der Waals surface area contributed by atoms with E-state index in [1.165, 1.54) is 0 Å². The van der Waals surface area contributed by atoms with Gasteiger partial charge in [0.2, 0.25) is 17.7 Å². The average Bonchev–Trinajstić information content (AvgIpc) is 2.84. The number of nitrogens with one attached hydrogen (secondary N) is 3. The molecule has 0 aromatic carbocycles. The first-order valence-electron chi connectivity index (χ1n) is 13.2. The Hall–Kier alpha value is -3.62. The predicted molar refractivity (Wildman–Crippen MR) is 150 cm³/mol. The van der Waals surface area contributed by atoms with Gasteiger partial charge in [0.25, 0.3) is 0 Å². The summed E-state index contributed by atoms with van der Waals surface area (Å²) in [5.74, 6) is -3.34. The quantitative estimate of drug-likeness (QED) is 0.0481. The molecule has 0 saturated carbocycles. The number of carbonyl (C=O) groups excluding carboxylic acids is 3. The van der Waals surface area contributed by atoms with Crippen molar-refractivity contribution in [2.45, 2.75) is 90.4 Å². The van der Waals surface area contributed by atoms with Crippen LogP contribution in [0.3, 0.4) is 0 Å². The number of nitrogens with two attached hydrogens (primary N) is 5. The Morgan fingerprint density at radius 2 is 1.26 bits per heavy atom. The number of amides is 3. The van der Waals surface area contributed by atoms with E-state index in [0.717, 1.165) is 0 Å². The highest BCUT2D eigenvalue weighted by Crippen LogP contribution is 2.11. The molecule has 15 nitrogen and oxygen atoms in total. The third kappa shape index (κ3) is 15.4. The van der Waals surface area contributed by atoms with Gasteiger partial charge in [-0.3, -0.25) is 24.4 Å². The van der Waals surface area contributed by atoms with Gasteiger partial charge in [0.15, 0.2) is 11.9 Å². The van der Waals surface area contributed by atoms with E-state index in [0.29, 0.717) is 25.7 Å². The van der Waals surface area contributed by atoms with Crippen LogP contribution in [0, 0.1) is 11.8 Å². The SMILES string of the molecule is CCC(C)C(NC(=O)C(N)CC(C)C)C(=O)NC(CCCN=C(N)N)C(=O)NC(CCCN=C(N)N)C(=O)O. The van der Waals surface area contributed by atoms with Gasteiger partial charge in [0, 0.05) is 13.1 Å². The van der Waals surface area contributed by atoms with E-state index in [1.54, 1.807) is 6.92 Å². The number of aliphatic carboxylic acids is 1. The molecule has 0 aliphatic carbocycles. The van der Waals surface area contributed by atoms with Crippen LogP contribution in [0.1, 0.15) is 66.2 Å². The van der Waals surface area contributed by atoms with Gasteiger partial charge in [-0.25, -0.2) is 4.79 Å². The molecule has 0 aromatic rings. The van der Waals surface area contributed by atoms with E-state index in [-0.39, 0.29) is 49.7 Å². The van der Waals surface area contributed by atoms with Crippen LogP contribution in [0.4, 0.5) is 0 Å². The summed E-state index contributed by atoms with van der Waals surface area (Å²) in [6.07, 6.45) is 1.80. The van der Waals surface area contributed by atoms with E-state index >= 15 is 0 Å². The maximum absolute atomic E-state index is 13.3. The van der Waals surface area contributed by atoms with Crippen molar-refractivity contribution in [1.29, 1.82) is 0 Å². The zero-order valence-corrected chi connectivity index (χ0v) is 23.5. The minimum atomic E-state index is -1.25. The molecule has 0 saturated heterocycles. The Labute approximate surface area is 230 Å². The van der Waals surface area contributed by atoms with Crippen LogP contribution in [0.5, 0.6) is 0 Å². The largest absolute Gasteiger partial charge is 0.480 e. The van der Waals surface area contributed by atoms with Gasteiger partial charge in [-0.05, 0) is 43.9 Å². The van der Waals surface area contributed by atoms with Gasteiger partial charge >= 0.3 is 5.97 Å². The van der Waals surface area contributed by atoms with Crippen molar-refractivity contribution in [2.24, 2.45) is 50.5 Å². The fraction of sp³-hybridized carbons (Fsp3) is 0.750. The number of carboxylic acid groups (broad SMARTS) is 1. The molecule has 0 aliphatic rings. The average molecular weight is 557 g/mol. The molecule has 15 heteroatoms. The van der Waals surface area contributed by atoms with Crippen molar-refractivity contribution in [3.05, 3.63) is 0 Å². The van der Waals surface area contributed by atoms with Crippen molar-refractivity contribution in [3.63, 3.8) is 0 Å². The van der Waals surface area contributed by atoms with Crippen molar-refractivity contribution < 1.29 is 24.3 Å². The van der Waals surface area contributed by atoms with Crippen LogP contribution in [-0.2, 0) is 19.2 Å². The summed E-state index contributed by atoms with van der Waals surface area (Å²) in [6.45, 7) is 7.91. The normalized spacial score (nSPS) is 14.7. The Bertz CT molecular complexity index is 856. The lowest BCUT2D eigenvalue weighted by Crippen LogP contribution is -2.58. The molecule has 5 unspecified atom stereocenters. The van der Waals surface area contributed by atoms with E-state index in [4.69, 9.17) is 28.7 Å². The summed E-state index contributed by atoms with van der Waals surface area (Å²) in [7, 11) is 0. The van der Waals surface area contributed by atoms with Crippen molar-refractivity contribution in [3.8, 4) is 0 Å². The Morgan fingerprint density at radius 3 is 1.69 bits per heavy atom. The number of hydrogen-bond acceptors (Lipinski definition) is 7. The molecule has 0 rings (SSSR count). The predicted octanol–water partition coefficient (Wildman–Crippen LogP) is -1.95. The fourth-order valence-electron chi connectivity index (χ4n) is 3.64. The zero-order valence-electron chi connectivity index (χ0n) is 23.5. The molecular formula is C24H48N10O5. The molecule has 3 amide bonds. The number of rotatable bonds is 19. The van der Waals surface area contributed by atoms with E-state index in [9.17, 15) is 24.3 Å². The van der Waals surface area contributed by atoms with E-state index < -0.39 is 47.9 Å². The monoisotopic (exact) mass is 556 g/mol. The van der Waals surface area contributed by atoms with Crippen LogP contribution >= 0.6 is 0 Å². The van der Waals surface area contributed by atoms with Crippen molar-refractivity contribution >= 4 is 35.6 Å². The summed E-state index contributed by atoms with van der Waals surface area (Å²) in [5.41, 5.74) is 27.3. The zero-order chi connectivity index (χ0) is 30.1. The first-order chi connectivity index (χ1) is 18.2. The third-order valence-electron chi connectivity index (χ3n) is 5.99. The first kappa shape index (κ1) is 35.4. The van der Waals surface area contributed by atoms with Gasteiger partial charge < -0.3 is 49.7 Å². The number of carbonyl (C=O) groups is 4.